The third-order valence-electron chi connectivity index (χ3n) is 0. The molecule has 0 aromatic rings. The summed E-state index contributed by atoms with van der Waals surface area (Å²) < 4.78 is 31.6. The molecule has 0 bridgehead atoms. The molecule has 0 aliphatic carbocycles. The molecule has 0 spiro atoms. The predicted molar refractivity (Wildman–Crippen MR) is 22.2 cm³/mol. The van der Waals surface area contributed by atoms with Gasteiger partial charge in [-0.25, -0.2) is 0 Å². The maximum Gasteiger partial charge on any atom is 2.00 e. The zero-order chi connectivity index (χ0) is 4.50. The van der Waals surface area contributed by atoms with Crippen LogP contribution in [0.1, 0.15) is 2.85 Å². The van der Waals surface area contributed by atoms with E-state index in [1.165, 1.54) is 0 Å². The number of hydrogen-bond donors (Lipinski definition) is 2. The molecule has 2 N–H and O–H groups in total. The topological polar surface area (TPSA) is 74.6 Å². The molecule has 7 heavy (non-hydrogen) atoms. The van der Waals surface area contributed by atoms with Crippen LogP contribution in [0.3, 0.4) is 0 Å². The van der Waals surface area contributed by atoms with Crippen molar-refractivity contribution < 1.29 is 47.7 Å². The minimum atomic E-state index is -4.67. The van der Waals surface area contributed by atoms with Crippen LogP contribution in [0.5, 0.6) is 0 Å². The van der Waals surface area contributed by atoms with E-state index in [-0.39, 0.29) is 79.0 Å². The van der Waals surface area contributed by atoms with Crippen LogP contribution in [-0.4, -0.2) is 66.4 Å². The van der Waals surface area contributed by atoms with E-state index in [0.717, 1.165) is 0 Å². The van der Waals surface area contributed by atoms with Crippen molar-refractivity contribution in [3.05, 3.63) is 0 Å². The Morgan fingerprint density at radius 1 is 1.29 bits per heavy atom. The van der Waals surface area contributed by atoms with E-state index >= 15 is 0 Å². The largest absolute Gasteiger partial charge is 2.00 e. The Labute approximate surface area is 105 Å². The van der Waals surface area contributed by atoms with E-state index < -0.39 is 10.4 Å². The number of rotatable bonds is 0. The molecule has 0 amide bonds. The molecule has 0 heterocycles. The monoisotopic (exact) mass is 352 g/mol. The molecule has 0 radical (unpaired) electrons. The second kappa shape index (κ2) is 6.48. The van der Waals surface area contributed by atoms with Crippen molar-refractivity contribution >= 4 is 59.3 Å². The number of hydrogen-bond acceptors (Lipinski definition) is 2. The fourth-order valence-electron chi connectivity index (χ4n) is 0. The van der Waals surface area contributed by atoms with Gasteiger partial charge in [-0.3, -0.25) is 9.11 Å². The van der Waals surface area contributed by atoms with E-state index in [0.29, 0.717) is 0 Å². The summed E-state index contributed by atoms with van der Waals surface area (Å²) in [6, 6.07) is 0. The predicted octanol–water partition coefficient (Wildman–Crippen LogP) is -0.811. The maximum atomic E-state index is 8.74. The second-order valence-electron chi connectivity index (χ2n) is 0.448. The molecule has 0 saturated heterocycles. The Kier molecular flexibility index (Phi) is 15.0. The van der Waals surface area contributed by atoms with Crippen LogP contribution in [-0.2, 0) is 37.7 Å². The Hall–Kier alpha value is 2.36. The Balaban J connectivity index is -0.0000000133. The molecule has 0 unspecified atom stereocenters. The first kappa shape index (κ1) is 16.2. The molecular weight excluding hydrogens is 346 g/mol. The fraction of sp³-hybridized carbons (Fsp3) is 0. The van der Waals surface area contributed by atoms with Crippen LogP contribution >= 0.6 is 0 Å². The van der Waals surface area contributed by atoms with Crippen LogP contribution in [0.4, 0.5) is 0 Å². The van der Waals surface area contributed by atoms with Crippen LogP contribution in [0.15, 0.2) is 0 Å². The van der Waals surface area contributed by atoms with Gasteiger partial charge in [0, 0.05) is 27.3 Å². The summed E-state index contributed by atoms with van der Waals surface area (Å²) in [5.74, 6) is 0. The maximum absolute atomic E-state index is 8.74. The Morgan fingerprint density at radius 3 is 1.29 bits per heavy atom. The van der Waals surface area contributed by atoms with E-state index in [9.17, 15) is 0 Å². The summed E-state index contributed by atoms with van der Waals surface area (Å²) in [7, 11) is -4.67. The second-order valence-corrected chi connectivity index (χ2v) is 1.34. The molecular formula is H4BaCdO4S. The minimum absolute atomic E-state index is 0. The standard InChI is InChI=1S/Ba.Cd.H2O4S.2H/c;;1-5(2,3)4;;/h;;(H2,1,2,3,4);;/q+2;;;2*-1. The Bertz CT molecular complexity index is 102. The summed E-state index contributed by atoms with van der Waals surface area (Å²) in [6.45, 7) is 0. The molecule has 0 aromatic heterocycles. The molecule has 0 saturated carbocycles. The minimum Gasteiger partial charge on any atom is -1.00 e. The zero-order valence-electron chi connectivity index (χ0n) is 5.53. The van der Waals surface area contributed by atoms with E-state index in [2.05, 4.69) is 0 Å². The van der Waals surface area contributed by atoms with E-state index in [4.69, 9.17) is 17.5 Å². The van der Waals surface area contributed by atoms with Gasteiger partial charge in [0.05, 0.1) is 0 Å². The molecule has 7 heteroatoms. The summed E-state index contributed by atoms with van der Waals surface area (Å²) in [4.78, 5) is 0. The van der Waals surface area contributed by atoms with Crippen molar-refractivity contribution in [2.45, 2.75) is 0 Å². The first-order valence-corrected chi connectivity index (χ1v) is 2.10. The first-order chi connectivity index (χ1) is 2.00. The van der Waals surface area contributed by atoms with Crippen molar-refractivity contribution in [1.82, 2.24) is 0 Å². The van der Waals surface area contributed by atoms with Gasteiger partial charge in [0.25, 0.3) is 0 Å². The van der Waals surface area contributed by atoms with Gasteiger partial charge in [-0.05, 0) is 0 Å². The van der Waals surface area contributed by atoms with Gasteiger partial charge in [0.15, 0.2) is 0 Å². The first-order valence-electron chi connectivity index (χ1n) is 0.698. The Morgan fingerprint density at radius 2 is 1.29 bits per heavy atom. The molecule has 0 aliphatic heterocycles. The quantitative estimate of drug-likeness (QED) is 0.443. The van der Waals surface area contributed by atoms with Crippen molar-refractivity contribution in [3.8, 4) is 0 Å². The molecule has 0 fully saturated rings. The molecule has 0 atom stereocenters. The summed E-state index contributed by atoms with van der Waals surface area (Å²) >= 11 is 0. The third kappa shape index (κ3) is 60.6. The fourth-order valence-corrected chi connectivity index (χ4v) is 0. The van der Waals surface area contributed by atoms with Gasteiger partial charge in [-0.15, -0.1) is 0 Å². The van der Waals surface area contributed by atoms with Crippen LogP contribution in [0, 0.1) is 0 Å². The van der Waals surface area contributed by atoms with E-state index in [1.54, 1.807) is 0 Å². The average molecular weight is 350 g/mol. The summed E-state index contributed by atoms with van der Waals surface area (Å²) in [5.41, 5.74) is 0. The van der Waals surface area contributed by atoms with Crippen molar-refractivity contribution in [2.75, 3.05) is 0 Å². The van der Waals surface area contributed by atoms with Crippen LogP contribution < -0.4 is 0 Å². The molecule has 0 aromatic carbocycles. The van der Waals surface area contributed by atoms with Gasteiger partial charge in [-0.2, -0.15) is 8.42 Å². The van der Waals surface area contributed by atoms with Crippen LogP contribution in [0.25, 0.3) is 0 Å². The van der Waals surface area contributed by atoms with Crippen LogP contribution in [0.2, 0.25) is 0 Å². The SMILES string of the molecule is O=S(=O)(O)O.[Ba+2].[Cd].[H-].[H-]. The molecule has 4 nitrogen and oxygen atoms in total. The molecule has 0 aliphatic rings. The van der Waals surface area contributed by atoms with Crippen molar-refractivity contribution in [3.63, 3.8) is 0 Å². The molecule has 0 rings (SSSR count). The third-order valence-corrected chi connectivity index (χ3v) is 0. The van der Waals surface area contributed by atoms with Gasteiger partial charge in [-0.1, -0.05) is 0 Å². The summed E-state index contributed by atoms with van der Waals surface area (Å²) in [5, 5.41) is 0. The van der Waals surface area contributed by atoms with Crippen molar-refractivity contribution in [1.29, 1.82) is 0 Å². The molecule has 38 valence electrons. The van der Waals surface area contributed by atoms with Gasteiger partial charge >= 0.3 is 59.3 Å². The van der Waals surface area contributed by atoms with Gasteiger partial charge in [0.1, 0.15) is 0 Å². The van der Waals surface area contributed by atoms with Crippen molar-refractivity contribution in [2.24, 2.45) is 0 Å². The average Bonchev–Trinajstić information content (AvgIpc) is 0.722. The van der Waals surface area contributed by atoms with E-state index in [1.807, 2.05) is 0 Å². The normalized spacial score (nSPS) is 8.29. The smallest absolute Gasteiger partial charge is 1.00 e. The van der Waals surface area contributed by atoms with Gasteiger partial charge in [0.2, 0.25) is 0 Å². The van der Waals surface area contributed by atoms with Gasteiger partial charge < -0.3 is 2.85 Å². The zero-order valence-corrected chi connectivity index (χ0v) is 12.8. The summed E-state index contributed by atoms with van der Waals surface area (Å²) in [6.07, 6.45) is 0.